The molecule has 60 heavy (non-hydrogen) atoms. The number of anilines is 1. The number of piperidine rings is 1. The third-order valence-corrected chi connectivity index (χ3v) is 13.9. The smallest absolute Gasteiger partial charge is 0.237 e. The van der Waals surface area contributed by atoms with Crippen molar-refractivity contribution in [1.82, 2.24) is 15.1 Å². The molecule has 2 fully saturated rings. The van der Waals surface area contributed by atoms with Crippen LogP contribution in [0.15, 0.2) is 72.8 Å². The summed E-state index contributed by atoms with van der Waals surface area (Å²) in [6, 6.07) is 23.0. The topological polar surface area (TPSA) is 112 Å². The average Bonchev–Trinajstić information content (AvgIpc) is 3.61. The van der Waals surface area contributed by atoms with Crippen molar-refractivity contribution < 1.29 is 33.4 Å². The molecule has 0 saturated carbocycles. The van der Waals surface area contributed by atoms with Gasteiger partial charge in [0.05, 0.1) is 25.4 Å². The number of fused-ring (bicyclic) bond motifs is 3. The quantitative estimate of drug-likeness (QED) is 0.123. The summed E-state index contributed by atoms with van der Waals surface area (Å²) < 4.78 is 28.7. The molecule has 10 nitrogen and oxygen atoms in total. The van der Waals surface area contributed by atoms with E-state index in [2.05, 4.69) is 45.4 Å². The fourth-order valence-corrected chi connectivity index (χ4v) is 10.5. The normalized spacial score (nSPS) is 20.2. The minimum Gasteiger partial charge on any atom is -0.508 e. The molecule has 4 aromatic carbocycles. The number of aromatic hydroxyl groups is 1. The lowest BCUT2D eigenvalue weighted by Gasteiger charge is -2.43. The zero-order chi connectivity index (χ0) is 42.0. The van der Waals surface area contributed by atoms with Gasteiger partial charge in [-0.3, -0.25) is 14.5 Å². The molecule has 1 spiro atoms. The number of halogens is 1. The number of ether oxygens (including phenoxy) is 2. The Hall–Kier alpha value is -5.26. The number of amides is 1. The lowest BCUT2D eigenvalue weighted by molar-refractivity contribution is -0.126. The number of phenols is 1. The van der Waals surface area contributed by atoms with Crippen LogP contribution in [0.1, 0.15) is 94.1 Å². The number of likely N-dealkylation sites (N-methyl/N-ethyl adjacent to an activating group) is 2. The molecule has 0 radical (unpaired) electrons. The number of carbonyl (C=O) groups is 3. The highest BCUT2D eigenvalue weighted by atomic mass is 19.1. The van der Waals surface area contributed by atoms with E-state index >= 15 is 4.39 Å². The summed E-state index contributed by atoms with van der Waals surface area (Å²) in [4.78, 5) is 42.6. The Morgan fingerprint density at radius 2 is 1.85 bits per heavy atom. The molecular formula is C49H57FN4O6. The second-order valence-electron chi connectivity index (χ2n) is 17.3. The van der Waals surface area contributed by atoms with Crippen molar-refractivity contribution in [3.05, 3.63) is 118 Å². The molecule has 0 bridgehead atoms. The van der Waals surface area contributed by atoms with E-state index in [9.17, 15) is 19.5 Å². The van der Waals surface area contributed by atoms with Crippen molar-refractivity contribution in [2.24, 2.45) is 5.92 Å². The van der Waals surface area contributed by atoms with Gasteiger partial charge in [-0.1, -0.05) is 48.5 Å². The van der Waals surface area contributed by atoms with Crippen LogP contribution in [0.25, 0.3) is 0 Å². The zero-order valence-electron chi connectivity index (χ0n) is 35.0. The highest BCUT2D eigenvalue weighted by molar-refractivity contribution is 5.82. The maximum atomic E-state index is 16.3. The first-order valence-electron chi connectivity index (χ1n) is 21.5. The number of aldehydes is 2. The summed E-state index contributed by atoms with van der Waals surface area (Å²) in [5.41, 5.74) is 7.19. The molecule has 8 rings (SSSR count). The van der Waals surface area contributed by atoms with Gasteiger partial charge in [-0.15, -0.1) is 0 Å². The van der Waals surface area contributed by atoms with Gasteiger partial charge in [-0.2, -0.15) is 0 Å². The molecule has 11 heteroatoms. The minimum atomic E-state index is -0.504. The number of likely N-dealkylation sites (tertiary alicyclic amines) is 1. The second kappa shape index (κ2) is 17.8. The largest absolute Gasteiger partial charge is 0.508 e. The molecule has 1 amide bonds. The first kappa shape index (κ1) is 41.5. The van der Waals surface area contributed by atoms with Crippen LogP contribution >= 0.6 is 0 Å². The summed E-state index contributed by atoms with van der Waals surface area (Å²) in [6.07, 6.45) is 7.00. The highest BCUT2D eigenvalue weighted by Gasteiger charge is 2.45. The lowest BCUT2D eigenvalue weighted by atomic mass is 9.69. The molecule has 0 aromatic heterocycles. The fourth-order valence-electron chi connectivity index (χ4n) is 10.5. The Bertz CT molecular complexity index is 2200. The van der Waals surface area contributed by atoms with E-state index in [0.29, 0.717) is 42.5 Å². The van der Waals surface area contributed by atoms with Gasteiger partial charge in [0.15, 0.2) is 6.29 Å². The average molecular weight is 817 g/mol. The Kier molecular flexibility index (Phi) is 12.3. The van der Waals surface area contributed by atoms with Crippen LogP contribution < -0.4 is 19.7 Å². The van der Waals surface area contributed by atoms with E-state index in [0.717, 1.165) is 111 Å². The van der Waals surface area contributed by atoms with E-state index in [1.165, 1.54) is 5.56 Å². The number of methoxy groups -OCH3 is 1. The van der Waals surface area contributed by atoms with Crippen molar-refractivity contribution >= 4 is 24.2 Å². The molecule has 1 aliphatic carbocycles. The van der Waals surface area contributed by atoms with Crippen LogP contribution in [0.2, 0.25) is 0 Å². The monoisotopic (exact) mass is 816 g/mol. The van der Waals surface area contributed by atoms with Crippen LogP contribution in [0.4, 0.5) is 10.1 Å². The second-order valence-corrected chi connectivity index (χ2v) is 17.3. The molecule has 4 aromatic rings. The van der Waals surface area contributed by atoms with Crippen LogP contribution in [0.5, 0.6) is 17.2 Å². The van der Waals surface area contributed by atoms with Crippen molar-refractivity contribution in [1.29, 1.82) is 0 Å². The molecule has 2 saturated heterocycles. The molecule has 4 aliphatic rings. The van der Waals surface area contributed by atoms with E-state index in [1.54, 1.807) is 26.3 Å². The van der Waals surface area contributed by atoms with Gasteiger partial charge in [0.1, 0.15) is 29.4 Å². The number of carbonyl (C=O) groups excluding carboxylic acids is 3. The minimum absolute atomic E-state index is 0.113. The highest BCUT2D eigenvalue weighted by Crippen LogP contribution is 2.51. The summed E-state index contributed by atoms with van der Waals surface area (Å²) in [5, 5.41) is 13.0. The molecule has 2 N–H and O–H groups in total. The van der Waals surface area contributed by atoms with Crippen molar-refractivity contribution in [2.75, 3.05) is 65.4 Å². The lowest BCUT2D eigenvalue weighted by Crippen LogP contribution is -2.49. The Balaban J connectivity index is 0.897. The molecule has 3 aliphatic heterocycles. The standard InChI is InChI=1S/C49H57FN4O6/c1-51-48(58)43(10-7-23-55)52(2)29-40-35(30-56)12-16-41-47(40)60-31-49(41)18-21-53(22-19-49)20-17-32-27-54(28-32)44-26-45(59-3)39(25-42(44)50)46-37(33-8-5-4-6-9-33)14-11-34-24-36(57)13-15-38(34)46/h4-6,8-9,12-13,15-16,23-26,30,32,37,43,46,57H,7,10-11,14,17-22,27-29,31H2,1-3H3,(H,51,58)/t37?,43-,46?/m0/s1. The first-order valence-corrected chi connectivity index (χ1v) is 21.5. The van der Waals surface area contributed by atoms with Crippen molar-refractivity contribution in [3.8, 4) is 17.2 Å². The van der Waals surface area contributed by atoms with Gasteiger partial charge < -0.3 is 34.5 Å². The summed E-state index contributed by atoms with van der Waals surface area (Å²) in [5.74, 6) is 1.79. The predicted octanol–water partition coefficient (Wildman–Crippen LogP) is 6.99. The number of nitrogens with one attached hydrogen (secondary N) is 1. The molecule has 2 unspecified atom stereocenters. The van der Waals surface area contributed by atoms with Crippen LogP contribution in [0, 0.1) is 11.7 Å². The summed E-state index contributed by atoms with van der Waals surface area (Å²) in [6.45, 7) is 5.36. The third kappa shape index (κ3) is 8.01. The van der Waals surface area contributed by atoms with Crippen LogP contribution in [0.3, 0.4) is 0 Å². The third-order valence-electron chi connectivity index (χ3n) is 13.9. The number of aryl methyl sites for hydroxylation is 1. The van der Waals surface area contributed by atoms with Gasteiger partial charge in [-0.05, 0) is 112 Å². The molecular weight excluding hydrogens is 760 g/mol. The Labute approximate surface area is 352 Å². The zero-order valence-corrected chi connectivity index (χ0v) is 35.0. The van der Waals surface area contributed by atoms with Gasteiger partial charge in [-0.25, -0.2) is 4.39 Å². The van der Waals surface area contributed by atoms with Crippen LogP contribution in [-0.2, 0) is 28.0 Å². The van der Waals surface area contributed by atoms with Crippen LogP contribution in [-0.4, -0.2) is 100.0 Å². The summed E-state index contributed by atoms with van der Waals surface area (Å²) >= 11 is 0. The predicted molar refractivity (Wildman–Crippen MR) is 230 cm³/mol. The fraction of sp³-hybridized carbons (Fsp3) is 0.449. The maximum absolute atomic E-state index is 16.3. The molecule has 3 atom stereocenters. The molecule has 3 heterocycles. The number of hydrogen-bond acceptors (Lipinski definition) is 9. The number of rotatable bonds is 15. The summed E-state index contributed by atoms with van der Waals surface area (Å²) in [7, 11) is 5.10. The number of nitrogens with zero attached hydrogens (tertiary/aromatic N) is 3. The van der Waals surface area contributed by atoms with E-state index in [-0.39, 0.29) is 41.1 Å². The SMILES string of the molecule is CNC(=O)[C@H](CCC=O)N(C)Cc1c(C=O)ccc2c1OCC21CCN(CCC2CN(c3cc(OC)c(C4c5ccc(O)cc5CCC4c4ccccc4)cc3F)C2)CC1. The van der Waals surface area contributed by atoms with Gasteiger partial charge in [0.2, 0.25) is 5.91 Å². The van der Waals surface area contributed by atoms with Gasteiger partial charge >= 0.3 is 0 Å². The van der Waals surface area contributed by atoms with E-state index in [4.69, 9.17) is 9.47 Å². The van der Waals surface area contributed by atoms with E-state index in [1.807, 2.05) is 42.3 Å². The number of phenolic OH excluding ortho intramolecular Hbond substituents is 1. The van der Waals surface area contributed by atoms with Gasteiger partial charge in [0.25, 0.3) is 0 Å². The Morgan fingerprint density at radius 3 is 2.57 bits per heavy atom. The molecule has 316 valence electrons. The van der Waals surface area contributed by atoms with E-state index < -0.39 is 6.04 Å². The van der Waals surface area contributed by atoms with Crippen molar-refractivity contribution in [2.45, 2.75) is 74.8 Å². The van der Waals surface area contributed by atoms with Gasteiger partial charge in [0, 0.05) is 72.8 Å². The number of benzene rings is 4. The maximum Gasteiger partial charge on any atom is 0.237 e. The van der Waals surface area contributed by atoms with Crippen molar-refractivity contribution in [3.63, 3.8) is 0 Å². The Morgan fingerprint density at radius 1 is 1.07 bits per heavy atom. The number of hydrogen-bond donors (Lipinski definition) is 2. The first-order chi connectivity index (χ1) is 29.2.